The Morgan fingerprint density at radius 2 is 2.06 bits per heavy atom. The maximum Gasteiger partial charge on any atom is 0.303 e. The maximum atomic E-state index is 11.5. The molecule has 4 N–H and O–H groups in total. The fourth-order valence-corrected chi connectivity index (χ4v) is 1.25. The van der Waals surface area contributed by atoms with E-state index in [2.05, 4.69) is 5.32 Å². The maximum absolute atomic E-state index is 11.5. The van der Waals surface area contributed by atoms with Crippen molar-refractivity contribution in [3.8, 4) is 0 Å². The first-order chi connectivity index (χ1) is 7.97. The molecule has 0 aliphatic heterocycles. The molecule has 6 heteroatoms. The zero-order valence-electron chi connectivity index (χ0n) is 10.4. The number of methoxy groups -OCH3 is 1. The first-order valence-electron chi connectivity index (χ1n) is 5.71. The van der Waals surface area contributed by atoms with Gasteiger partial charge in [-0.3, -0.25) is 9.59 Å². The Morgan fingerprint density at radius 1 is 1.41 bits per heavy atom. The molecular formula is C11H22N2O4. The standard InChI is InChI=1S/C11H22N2O4/c1-8(3-4-10(14)15)7-13-11(16)9(12)5-6-17-2/h8-9H,3-7,12H2,1-2H3,(H,13,16)(H,14,15). The highest BCUT2D eigenvalue weighted by atomic mass is 16.5. The zero-order valence-corrected chi connectivity index (χ0v) is 10.4. The summed E-state index contributed by atoms with van der Waals surface area (Å²) < 4.78 is 4.83. The van der Waals surface area contributed by atoms with Crippen molar-refractivity contribution in [1.82, 2.24) is 5.32 Å². The van der Waals surface area contributed by atoms with Crippen molar-refractivity contribution >= 4 is 11.9 Å². The summed E-state index contributed by atoms with van der Waals surface area (Å²) >= 11 is 0. The fraction of sp³-hybridized carbons (Fsp3) is 0.818. The van der Waals surface area contributed by atoms with Crippen LogP contribution in [0.5, 0.6) is 0 Å². The van der Waals surface area contributed by atoms with E-state index >= 15 is 0 Å². The molecule has 0 rings (SSSR count). The molecule has 0 aromatic carbocycles. The normalized spacial score (nSPS) is 14.1. The molecule has 0 aliphatic carbocycles. The molecule has 1 amide bonds. The molecule has 0 spiro atoms. The van der Waals surface area contributed by atoms with Crippen molar-refractivity contribution in [2.45, 2.75) is 32.2 Å². The molecule has 0 aromatic rings. The van der Waals surface area contributed by atoms with E-state index in [0.717, 1.165) is 0 Å². The van der Waals surface area contributed by atoms with Crippen LogP contribution in [0.4, 0.5) is 0 Å². The first kappa shape index (κ1) is 15.9. The molecule has 0 bridgehead atoms. The van der Waals surface area contributed by atoms with Gasteiger partial charge < -0.3 is 20.9 Å². The lowest BCUT2D eigenvalue weighted by Crippen LogP contribution is -2.42. The molecule has 0 radical (unpaired) electrons. The number of hydrogen-bond acceptors (Lipinski definition) is 4. The lowest BCUT2D eigenvalue weighted by atomic mass is 10.1. The summed E-state index contributed by atoms with van der Waals surface area (Å²) in [5.41, 5.74) is 5.63. The quantitative estimate of drug-likeness (QED) is 0.530. The van der Waals surface area contributed by atoms with E-state index in [1.54, 1.807) is 7.11 Å². The van der Waals surface area contributed by atoms with Crippen molar-refractivity contribution < 1.29 is 19.4 Å². The zero-order chi connectivity index (χ0) is 13.3. The molecule has 0 heterocycles. The third-order valence-corrected chi connectivity index (χ3v) is 2.45. The van der Waals surface area contributed by atoms with Gasteiger partial charge in [-0.05, 0) is 18.8 Å². The number of carbonyl (C=O) groups is 2. The second-order valence-corrected chi connectivity index (χ2v) is 4.17. The average Bonchev–Trinajstić information content (AvgIpc) is 2.30. The summed E-state index contributed by atoms with van der Waals surface area (Å²) in [6.45, 7) is 2.79. The third kappa shape index (κ3) is 8.65. The number of carboxylic acids is 1. The topological polar surface area (TPSA) is 102 Å². The third-order valence-electron chi connectivity index (χ3n) is 2.45. The predicted molar refractivity (Wildman–Crippen MR) is 63.5 cm³/mol. The van der Waals surface area contributed by atoms with Crippen molar-refractivity contribution in [3.05, 3.63) is 0 Å². The van der Waals surface area contributed by atoms with Crippen molar-refractivity contribution in [2.24, 2.45) is 11.7 Å². The molecule has 6 nitrogen and oxygen atoms in total. The highest BCUT2D eigenvalue weighted by molar-refractivity contribution is 5.81. The second kappa shape index (κ2) is 8.95. The minimum Gasteiger partial charge on any atom is -0.481 e. The van der Waals surface area contributed by atoms with Crippen LogP contribution in [0, 0.1) is 5.92 Å². The van der Waals surface area contributed by atoms with Gasteiger partial charge in [-0.25, -0.2) is 0 Å². The van der Waals surface area contributed by atoms with Crippen LogP contribution in [-0.4, -0.2) is 43.3 Å². The van der Waals surface area contributed by atoms with Crippen LogP contribution in [0.1, 0.15) is 26.2 Å². The molecule has 2 atom stereocenters. The number of carboxylic acid groups (broad SMARTS) is 1. The van der Waals surface area contributed by atoms with Gasteiger partial charge in [0.25, 0.3) is 0 Å². The van der Waals surface area contributed by atoms with Gasteiger partial charge in [0.15, 0.2) is 0 Å². The lowest BCUT2D eigenvalue weighted by Gasteiger charge is -2.15. The number of carbonyl (C=O) groups excluding carboxylic acids is 1. The van der Waals surface area contributed by atoms with Crippen molar-refractivity contribution in [1.29, 1.82) is 0 Å². The van der Waals surface area contributed by atoms with Crippen LogP contribution in [0.15, 0.2) is 0 Å². The van der Waals surface area contributed by atoms with Gasteiger partial charge >= 0.3 is 5.97 Å². The molecule has 0 saturated carbocycles. The second-order valence-electron chi connectivity index (χ2n) is 4.17. The average molecular weight is 246 g/mol. The number of aliphatic carboxylic acids is 1. The molecule has 17 heavy (non-hydrogen) atoms. The summed E-state index contributed by atoms with van der Waals surface area (Å²) in [5.74, 6) is -0.908. The minimum absolute atomic E-state index is 0.118. The Labute approximate surface area is 102 Å². The van der Waals surface area contributed by atoms with Gasteiger partial charge in [0.05, 0.1) is 6.04 Å². The Kier molecular flexibility index (Phi) is 8.35. The SMILES string of the molecule is COCCC(N)C(=O)NCC(C)CCC(=O)O. The van der Waals surface area contributed by atoms with Gasteiger partial charge in [-0.1, -0.05) is 6.92 Å². The predicted octanol–water partition coefficient (Wildman–Crippen LogP) is -0.0327. The van der Waals surface area contributed by atoms with E-state index in [1.165, 1.54) is 0 Å². The molecular weight excluding hydrogens is 224 g/mol. The number of ether oxygens (including phenoxy) is 1. The van der Waals surface area contributed by atoms with Gasteiger partial charge in [0.1, 0.15) is 0 Å². The summed E-state index contributed by atoms with van der Waals surface area (Å²) in [6, 6.07) is -0.568. The molecule has 0 aromatic heterocycles. The van der Waals surface area contributed by atoms with E-state index in [9.17, 15) is 9.59 Å². The molecule has 2 unspecified atom stereocenters. The molecule has 0 saturated heterocycles. The molecule has 0 fully saturated rings. The van der Waals surface area contributed by atoms with Gasteiger partial charge in [-0.2, -0.15) is 0 Å². The fourth-order valence-electron chi connectivity index (χ4n) is 1.25. The van der Waals surface area contributed by atoms with Gasteiger partial charge in [0.2, 0.25) is 5.91 Å². The van der Waals surface area contributed by atoms with E-state index in [4.69, 9.17) is 15.6 Å². The van der Waals surface area contributed by atoms with Crippen LogP contribution in [-0.2, 0) is 14.3 Å². The summed E-state index contributed by atoms with van der Waals surface area (Å²) in [6.07, 6.45) is 1.14. The van der Waals surface area contributed by atoms with Crippen molar-refractivity contribution in [2.75, 3.05) is 20.3 Å². The van der Waals surface area contributed by atoms with E-state index in [0.29, 0.717) is 26.0 Å². The number of nitrogens with two attached hydrogens (primary N) is 1. The monoisotopic (exact) mass is 246 g/mol. The Morgan fingerprint density at radius 3 is 2.59 bits per heavy atom. The van der Waals surface area contributed by atoms with Gasteiger partial charge in [0, 0.05) is 26.7 Å². The van der Waals surface area contributed by atoms with Crippen LogP contribution in [0.25, 0.3) is 0 Å². The minimum atomic E-state index is -0.819. The number of nitrogens with one attached hydrogen (secondary N) is 1. The van der Waals surface area contributed by atoms with Crippen LogP contribution >= 0.6 is 0 Å². The number of amides is 1. The van der Waals surface area contributed by atoms with Crippen LogP contribution < -0.4 is 11.1 Å². The Bertz CT molecular complexity index is 246. The Balaban J connectivity index is 3.71. The largest absolute Gasteiger partial charge is 0.481 e. The molecule has 100 valence electrons. The van der Waals surface area contributed by atoms with E-state index in [1.807, 2.05) is 6.92 Å². The van der Waals surface area contributed by atoms with Gasteiger partial charge in [-0.15, -0.1) is 0 Å². The van der Waals surface area contributed by atoms with E-state index < -0.39 is 12.0 Å². The Hall–Kier alpha value is -1.14. The highest BCUT2D eigenvalue weighted by Gasteiger charge is 2.14. The van der Waals surface area contributed by atoms with Crippen molar-refractivity contribution in [3.63, 3.8) is 0 Å². The number of hydrogen-bond donors (Lipinski definition) is 3. The summed E-state index contributed by atoms with van der Waals surface area (Å²) in [7, 11) is 1.55. The first-order valence-corrected chi connectivity index (χ1v) is 5.71. The smallest absolute Gasteiger partial charge is 0.303 e. The van der Waals surface area contributed by atoms with Crippen LogP contribution in [0.3, 0.4) is 0 Å². The highest BCUT2D eigenvalue weighted by Crippen LogP contribution is 2.03. The van der Waals surface area contributed by atoms with E-state index in [-0.39, 0.29) is 18.2 Å². The summed E-state index contributed by atoms with van der Waals surface area (Å²) in [4.78, 5) is 21.8. The summed E-state index contributed by atoms with van der Waals surface area (Å²) in [5, 5.41) is 11.2. The van der Waals surface area contributed by atoms with Crippen LogP contribution in [0.2, 0.25) is 0 Å². The molecule has 0 aliphatic rings. The number of rotatable bonds is 9. The lowest BCUT2D eigenvalue weighted by molar-refractivity contribution is -0.137.